The van der Waals surface area contributed by atoms with Gasteiger partial charge in [0, 0.05) is 18.7 Å². The molecule has 1 atom stereocenters. The molecule has 0 amide bonds. The summed E-state index contributed by atoms with van der Waals surface area (Å²) < 4.78 is 13.7. The van der Waals surface area contributed by atoms with Gasteiger partial charge in [-0.25, -0.2) is 4.39 Å². The number of nitriles is 1. The highest BCUT2D eigenvalue weighted by atomic mass is 19.1. The van der Waals surface area contributed by atoms with Gasteiger partial charge in [0.15, 0.2) is 0 Å². The first-order valence-corrected chi connectivity index (χ1v) is 6.13. The summed E-state index contributed by atoms with van der Waals surface area (Å²) in [6.07, 6.45) is 1.69. The zero-order valence-electron chi connectivity index (χ0n) is 10.5. The van der Waals surface area contributed by atoms with E-state index in [1.54, 1.807) is 13.0 Å². The smallest absolute Gasteiger partial charge is 0.127 e. The maximum absolute atomic E-state index is 13.7. The predicted octanol–water partition coefficient (Wildman–Crippen LogP) is 2.04. The van der Waals surface area contributed by atoms with Crippen LogP contribution in [0.5, 0.6) is 0 Å². The molecule has 1 heterocycles. The lowest BCUT2D eigenvalue weighted by atomic mass is 9.95. The van der Waals surface area contributed by atoms with Crippen molar-refractivity contribution in [3.63, 3.8) is 0 Å². The second-order valence-electron chi connectivity index (χ2n) is 5.23. The van der Waals surface area contributed by atoms with Gasteiger partial charge in [0.1, 0.15) is 5.82 Å². The lowest BCUT2D eigenvalue weighted by Crippen LogP contribution is -2.45. The average Bonchev–Trinajstić information content (AvgIpc) is 2.31. The topological polar surface area (TPSA) is 47.3 Å². The van der Waals surface area contributed by atoms with Crippen LogP contribution in [-0.4, -0.2) is 28.7 Å². The predicted molar refractivity (Wildman–Crippen MR) is 66.2 cm³/mol. The third-order valence-corrected chi connectivity index (χ3v) is 3.32. The molecule has 0 aliphatic carbocycles. The molecular weight excluding hydrogens is 231 g/mol. The molecule has 1 aliphatic rings. The van der Waals surface area contributed by atoms with Crippen molar-refractivity contribution in [2.24, 2.45) is 0 Å². The first-order valence-electron chi connectivity index (χ1n) is 6.13. The molecular formula is C14H17FN2O. The van der Waals surface area contributed by atoms with Crippen LogP contribution in [0.3, 0.4) is 0 Å². The molecule has 1 aliphatic heterocycles. The van der Waals surface area contributed by atoms with E-state index in [0.717, 1.165) is 19.4 Å². The number of benzene rings is 1. The normalized spacial score (nSPS) is 24.8. The number of nitrogens with zero attached hydrogens (tertiary/aromatic N) is 2. The number of rotatable bonds is 2. The fourth-order valence-corrected chi connectivity index (χ4v) is 2.46. The van der Waals surface area contributed by atoms with Crippen molar-refractivity contribution in [2.75, 3.05) is 13.1 Å². The van der Waals surface area contributed by atoms with E-state index in [2.05, 4.69) is 0 Å². The number of halogens is 1. The number of hydrogen-bond donors (Lipinski definition) is 1. The number of aliphatic hydroxyl groups is 1. The van der Waals surface area contributed by atoms with Crippen molar-refractivity contribution < 1.29 is 9.50 Å². The maximum Gasteiger partial charge on any atom is 0.127 e. The van der Waals surface area contributed by atoms with Crippen molar-refractivity contribution >= 4 is 0 Å². The van der Waals surface area contributed by atoms with Gasteiger partial charge in [0.2, 0.25) is 0 Å². The number of likely N-dealkylation sites (tertiary alicyclic amines) is 1. The Morgan fingerprint density at radius 3 is 3.00 bits per heavy atom. The monoisotopic (exact) mass is 248 g/mol. The molecule has 1 unspecified atom stereocenters. The highest BCUT2D eigenvalue weighted by Crippen LogP contribution is 2.22. The van der Waals surface area contributed by atoms with Gasteiger partial charge in [-0.05, 0) is 44.5 Å². The minimum absolute atomic E-state index is 0.292. The quantitative estimate of drug-likeness (QED) is 0.871. The van der Waals surface area contributed by atoms with Crippen LogP contribution in [0, 0.1) is 17.1 Å². The lowest BCUT2D eigenvalue weighted by Gasteiger charge is -2.36. The van der Waals surface area contributed by atoms with Gasteiger partial charge >= 0.3 is 0 Å². The molecule has 0 saturated carbocycles. The average molecular weight is 248 g/mol. The first-order chi connectivity index (χ1) is 8.50. The van der Waals surface area contributed by atoms with Crippen LogP contribution >= 0.6 is 0 Å². The SMILES string of the molecule is CC1(O)CCCN(Cc2cc(C#N)ccc2F)C1. The Hall–Kier alpha value is -1.44. The number of hydrogen-bond acceptors (Lipinski definition) is 3. The molecule has 1 fully saturated rings. The standard InChI is InChI=1S/C14H17FN2O/c1-14(18)5-2-6-17(10-14)9-12-7-11(8-16)3-4-13(12)15/h3-4,7,18H,2,5-6,9-10H2,1H3. The van der Waals surface area contributed by atoms with Crippen molar-refractivity contribution in [3.05, 3.63) is 35.1 Å². The summed E-state index contributed by atoms with van der Waals surface area (Å²) in [7, 11) is 0. The summed E-state index contributed by atoms with van der Waals surface area (Å²) in [5.41, 5.74) is 0.295. The van der Waals surface area contributed by atoms with Crippen LogP contribution < -0.4 is 0 Å². The van der Waals surface area contributed by atoms with Gasteiger partial charge in [-0.3, -0.25) is 4.90 Å². The summed E-state index contributed by atoms with van der Waals surface area (Å²) in [6.45, 7) is 3.65. The van der Waals surface area contributed by atoms with Gasteiger partial charge in [0.05, 0.1) is 17.2 Å². The molecule has 4 heteroatoms. The zero-order chi connectivity index (χ0) is 13.2. The Balaban J connectivity index is 2.12. The third kappa shape index (κ3) is 3.06. The van der Waals surface area contributed by atoms with Crippen molar-refractivity contribution in [1.29, 1.82) is 5.26 Å². The van der Waals surface area contributed by atoms with Gasteiger partial charge in [-0.1, -0.05) is 0 Å². The Morgan fingerprint density at radius 1 is 1.56 bits per heavy atom. The van der Waals surface area contributed by atoms with E-state index >= 15 is 0 Å². The maximum atomic E-state index is 13.7. The van der Waals surface area contributed by atoms with E-state index in [1.807, 2.05) is 11.0 Å². The van der Waals surface area contributed by atoms with Crippen LogP contribution in [0.15, 0.2) is 18.2 Å². The molecule has 1 saturated heterocycles. The largest absolute Gasteiger partial charge is 0.389 e. The summed E-state index contributed by atoms with van der Waals surface area (Å²) in [6, 6.07) is 6.40. The molecule has 3 nitrogen and oxygen atoms in total. The molecule has 96 valence electrons. The molecule has 1 N–H and O–H groups in total. The molecule has 0 bridgehead atoms. The van der Waals surface area contributed by atoms with Crippen LogP contribution in [0.4, 0.5) is 4.39 Å². The highest BCUT2D eigenvalue weighted by Gasteiger charge is 2.28. The minimum Gasteiger partial charge on any atom is -0.389 e. The number of β-amino-alcohol motifs (C(OH)–C–C–N with tert-alkyl or cyclic N) is 1. The molecule has 2 rings (SSSR count). The molecule has 0 aromatic heterocycles. The second kappa shape index (κ2) is 5.05. The third-order valence-electron chi connectivity index (χ3n) is 3.32. The minimum atomic E-state index is -0.693. The van der Waals surface area contributed by atoms with Crippen molar-refractivity contribution in [1.82, 2.24) is 4.90 Å². The number of piperidine rings is 1. The van der Waals surface area contributed by atoms with Gasteiger partial charge < -0.3 is 5.11 Å². The molecule has 18 heavy (non-hydrogen) atoms. The summed E-state index contributed by atoms with van der Waals surface area (Å²) in [5.74, 6) is -0.292. The van der Waals surface area contributed by atoms with Crippen molar-refractivity contribution in [3.8, 4) is 6.07 Å². The highest BCUT2D eigenvalue weighted by molar-refractivity contribution is 5.33. The molecule has 0 radical (unpaired) electrons. The van der Waals surface area contributed by atoms with E-state index < -0.39 is 5.60 Å². The van der Waals surface area contributed by atoms with Crippen LogP contribution in [0.25, 0.3) is 0 Å². The summed E-state index contributed by atoms with van der Waals surface area (Å²) >= 11 is 0. The summed E-state index contributed by atoms with van der Waals surface area (Å²) in [5, 5.41) is 18.8. The Kier molecular flexibility index (Phi) is 3.65. The summed E-state index contributed by atoms with van der Waals surface area (Å²) in [4.78, 5) is 2.03. The van der Waals surface area contributed by atoms with E-state index in [1.165, 1.54) is 12.1 Å². The van der Waals surface area contributed by atoms with Crippen LogP contribution in [0.2, 0.25) is 0 Å². The van der Waals surface area contributed by atoms with E-state index in [4.69, 9.17) is 5.26 Å². The molecule has 1 aromatic rings. The lowest BCUT2D eigenvalue weighted by molar-refractivity contribution is -0.0184. The first kappa shape index (κ1) is 13.0. The Labute approximate surface area is 106 Å². The molecule has 0 spiro atoms. The zero-order valence-corrected chi connectivity index (χ0v) is 10.5. The second-order valence-corrected chi connectivity index (χ2v) is 5.23. The van der Waals surface area contributed by atoms with Crippen molar-refractivity contribution in [2.45, 2.75) is 31.9 Å². The van der Waals surface area contributed by atoms with E-state index in [0.29, 0.717) is 24.2 Å². The van der Waals surface area contributed by atoms with Crippen LogP contribution in [-0.2, 0) is 6.54 Å². The van der Waals surface area contributed by atoms with Gasteiger partial charge in [-0.2, -0.15) is 5.26 Å². The van der Waals surface area contributed by atoms with E-state index in [-0.39, 0.29) is 5.82 Å². The van der Waals surface area contributed by atoms with Gasteiger partial charge in [-0.15, -0.1) is 0 Å². The fourth-order valence-electron chi connectivity index (χ4n) is 2.46. The fraction of sp³-hybridized carbons (Fsp3) is 0.500. The Bertz CT molecular complexity index is 479. The van der Waals surface area contributed by atoms with Gasteiger partial charge in [0.25, 0.3) is 0 Å². The Morgan fingerprint density at radius 2 is 2.33 bits per heavy atom. The van der Waals surface area contributed by atoms with E-state index in [9.17, 15) is 9.50 Å². The molecule has 1 aromatic carbocycles. The van der Waals surface area contributed by atoms with Crippen LogP contribution in [0.1, 0.15) is 30.9 Å².